The maximum absolute atomic E-state index is 13.4. The van der Waals surface area contributed by atoms with Gasteiger partial charge in [-0.1, -0.05) is 31.4 Å². The molecule has 0 spiro atoms. The number of esters is 2. The summed E-state index contributed by atoms with van der Waals surface area (Å²) in [6.07, 6.45) is -6.04. The van der Waals surface area contributed by atoms with Crippen molar-refractivity contribution >= 4 is 11.9 Å². The number of hydrogen-bond acceptors (Lipinski definition) is 6. The lowest BCUT2D eigenvalue weighted by Crippen LogP contribution is -2.54. The molecule has 1 aliphatic carbocycles. The molecule has 12 heteroatoms. The number of carbonyl (C=O) groups excluding carboxylic acids is 2. The summed E-state index contributed by atoms with van der Waals surface area (Å²) in [6, 6.07) is 0. The number of hydrogen-bond donors (Lipinski definition) is 0. The van der Waals surface area contributed by atoms with Crippen molar-refractivity contribution in [1.82, 2.24) is 0 Å². The van der Waals surface area contributed by atoms with Gasteiger partial charge in [0.2, 0.25) is 0 Å². The van der Waals surface area contributed by atoms with E-state index in [4.69, 9.17) is 9.47 Å². The summed E-state index contributed by atoms with van der Waals surface area (Å²) in [5, 5.41) is 0. The number of halogens is 6. The molecule has 174 valence electrons. The van der Waals surface area contributed by atoms with E-state index < -0.39 is 68.3 Å². The zero-order valence-corrected chi connectivity index (χ0v) is 16.1. The first-order valence-corrected chi connectivity index (χ1v) is 8.73. The Morgan fingerprint density at radius 2 is 1.32 bits per heavy atom. The molecule has 0 aliphatic heterocycles. The van der Waals surface area contributed by atoms with Crippen LogP contribution in [0.1, 0.15) is 0 Å². The molecular formula is C19H20F6O6. The van der Waals surface area contributed by atoms with E-state index in [0.29, 0.717) is 6.08 Å². The fraction of sp³-hybridized carbons (Fsp3) is 0.474. The number of alkyl halides is 6. The normalized spacial score (nSPS) is 18.0. The van der Waals surface area contributed by atoms with Crippen LogP contribution in [-0.2, 0) is 28.5 Å². The summed E-state index contributed by atoms with van der Waals surface area (Å²) in [4.78, 5) is 22.2. The van der Waals surface area contributed by atoms with Gasteiger partial charge < -0.3 is 18.9 Å². The molecule has 1 atom stereocenters. The Kier molecular flexibility index (Phi) is 9.50. The van der Waals surface area contributed by atoms with E-state index in [9.17, 15) is 35.9 Å². The minimum Gasteiger partial charge on any atom is -0.460 e. The first-order valence-electron chi connectivity index (χ1n) is 8.73. The SMILES string of the molecule is C=CC(=O)OCCOC1(OCCOC(=O)C=C)C=CC=CC1C(C(F)(F)F)C(F)(F)F. The van der Waals surface area contributed by atoms with Gasteiger partial charge in [0.1, 0.15) is 13.2 Å². The van der Waals surface area contributed by atoms with Crippen molar-refractivity contribution in [1.29, 1.82) is 0 Å². The average Bonchev–Trinajstić information content (AvgIpc) is 2.67. The van der Waals surface area contributed by atoms with Gasteiger partial charge in [-0.15, -0.1) is 0 Å². The average molecular weight is 458 g/mol. The quantitative estimate of drug-likeness (QED) is 0.155. The fourth-order valence-electron chi connectivity index (χ4n) is 2.69. The lowest BCUT2D eigenvalue weighted by molar-refractivity contribution is -0.333. The van der Waals surface area contributed by atoms with Gasteiger partial charge in [0, 0.05) is 12.2 Å². The number of allylic oxidation sites excluding steroid dienone is 2. The van der Waals surface area contributed by atoms with E-state index in [0.717, 1.165) is 30.4 Å². The van der Waals surface area contributed by atoms with E-state index >= 15 is 0 Å². The predicted molar refractivity (Wildman–Crippen MR) is 94.3 cm³/mol. The summed E-state index contributed by atoms with van der Waals surface area (Å²) < 4.78 is 100.0. The van der Waals surface area contributed by atoms with Crippen LogP contribution in [0.5, 0.6) is 0 Å². The first-order chi connectivity index (χ1) is 14.4. The zero-order chi connectivity index (χ0) is 23.7. The lowest BCUT2D eigenvalue weighted by Gasteiger charge is -2.42. The van der Waals surface area contributed by atoms with E-state index in [1.165, 1.54) is 0 Å². The van der Waals surface area contributed by atoms with Gasteiger partial charge in [-0.2, -0.15) is 26.3 Å². The van der Waals surface area contributed by atoms with Crippen LogP contribution in [0, 0.1) is 11.8 Å². The van der Waals surface area contributed by atoms with Crippen molar-refractivity contribution in [3.05, 3.63) is 49.6 Å². The maximum Gasteiger partial charge on any atom is 0.401 e. The molecule has 0 bridgehead atoms. The second-order valence-electron chi connectivity index (χ2n) is 5.99. The van der Waals surface area contributed by atoms with Crippen LogP contribution >= 0.6 is 0 Å². The highest BCUT2D eigenvalue weighted by molar-refractivity contribution is 5.81. The summed E-state index contributed by atoms with van der Waals surface area (Å²) in [7, 11) is 0. The largest absolute Gasteiger partial charge is 0.460 e. The van der Waals surface area contributed by atoms with Crippen LogP contribution in [0.3, 0.4) is 0 Å². The van der Waals surface area contributed by atoms with Gasteiger partial charge in [0.05, 0.1) is 19.1 Å². The van der Waals surface area contributed by atoms with Crippen LogP contribution in [0.4, 0.5) is 26.3 Å². The molecule has 6 nitrogen and oxygen atoms in total. The van der Waals surface area contributed by atoms with Crippen LogP contribution in [0.25, 0.3) is 0 Å². The summed E-state index contributed by atoms with van der Waals surface area (Å²) in [5.41, 5.74) is 0. The maximum atomic E-state index is 13.4. The molecule has 0 aromatic carbocycles. The first kappa shape index (κ1) is 26.4. The zero-order valence-electron chi connectivity index (χ0n) is 16.1. The molecule has 0 amide bonds. The van der Waals surface area contributed by atoms with Crippen LogP contribution < -0.4 is 0 Å². The third-order valence-electron chi connectivity index (χ3n) is 3.93. The number of rotatable bonds is 11. The smallest absolute Gasteiger partial charge is 0.401 e. The third kappa shape index (κ3) is 7.87. The topological polar surface area (TPSA) is 71.1 Å². The van der Waals surface area contributed by atoms with Crippen molar-refractivity contribution < 1.29 is 54.9 Å². The van der Waals surface area contributed by atoms with E-state index in [1.54, 1.807) is 0 Å². The molecule has 1 rings (SSSR count). The van der Waals surface area contributed by atoms with Gasteiger partial charge in [-0.25, -0.2) is 9.59 Å². The van der Waals surface area contributed by atoms with Crippen molar-refractivity contribution in [2.45, 2.75) is 18.1 Å². The summed E-state index contributed by atoms with van der Waals surface area (Å²) in [5.74, 6) is -10.5. The molecule has 0 aromatic heterocycles. The molecule has 31 heavy (non-hydrogen) atoms. The third-order valence-corrected chi connectivity index (χ3v) is 3.93. The van der Waals surface area contributed by atoms with Crippen molar-refractivity contribution in [2.75, 3.05) is 26.4 Å². The van der Waals surface area contributed by atoms with Gasteiger partial charge in [0.25, 0.3) is 0 Å². The highest BCUT2D eigenvalue weighted by atomic mass is 19.4. The monoisotopic (exact) mass is 458 g/mol. The van der Waals surface area contributed by atoms with Gasteiger partial charge in [-0.3, -0.25) is 0 Å². The minimum absolute atomic E-state index is 0.492. The molecule has 0 saturated carbocycles. The van der Waals surface area contributed by atoms with E-state index in [-0.39, 0.29) is 0 Å². The summed E-state index contributed by atoms with van der Waals surface area (Å²) in [6.45, 7) is 4.12. The van der Waals surface area contributed by atoms with Crippen molar-refractivity contribution in [2.24, 2.45) is 11.8 Å². The van der Waals surface area contributed by atoms with E-state index in [1.807, 2.05) is 0 Å². The number of ether oxygens (including phenoxy) is 4. The second-order valence-corrected chi connectivity index (χ2v) is 5.99. The Labute approximate surface area is 173 Å². The molecule has 0 aromatic rings. The molecule has 0 saturated heterocycles. The van der Waals surface area contributed by atoms with Gasteiger partial charge in [-0.05, 0) is 6.08 Å². The Morgan fingerprint density at radius 1 is 0.871 bits per heavy atom. The van der Waals surface area contributed by atoms with E-state index in [2.05, 4.69) is 22.6 Å². The predicted octanol–water partition coefficient (Wildman–Crippen LogP) is 3.66. The standard InChI is InChI=1S/C19H20F6O6/c1-3-14(26)28-9-11-30-17(31-12-10-29-15(27)4-2)8-6-5-7-13(17)16(18(20,21)22)19(23,24)25/h3-8,13,16H,1-2,9-12H2. The number of carbonyl (C=O) groups is 2. The van der Waals surface area contributed by atoms with Crippen LogP contribution in [-0.4, -0.2) is 56.5 Å². The Bertz CT molecular complexity index is 668. The molecule has 0 heterocycles. The van der Waals surface area contributed by atoms with Crippen LogP contribution in [0.15, 0.2) is 49.6 Å². The molecule has 1 aliphatic rings. The Morgan fingerprint density at radius 3 is 1.71 bits per heavy atom. The van der Waals surface area contributed by atoms with Gasteiger partial charge in [0.15, 0.2) is 11.7 Å². The Balaban J connectivity index is 3.15. The summed E-state index contributed by atoms with van der Waals surface area (Å²) >= 11 is 0. The molecular weight excluding hydrogens is 438 g/mol. The van der Waals surface area contributed by atoms with Crippen LogP contribution in [0.2, 0.25) is 0 Å². The lowest BCUT2D eigenvalue weighted by atomic mass is 9.81. The second kappa shape index (κ2) is 11.1. The van der Waals surface area contributed by atoms with Crippen molar-refractivity contribution in [3.8, 4) is 0 Å². The highest BCUT2D eigenvalue weighted by Crippen LogP contribution is 2.50. The molecule has 1 unspecified atom stereocenters. The van der Waals surface area contributed by atoms with Crippen molar-refractivity contribution in [3.63, 3.8) is 0 Å². The fourth-order valence-corrected chi connectivity index (χ4v) is 2.69. The molecule has 0 fully saturated rings. The highest BCUT2D eigenvalue weighted by Gasteiger charge is 2.64. The molecule has 0 N–H and O–H groups in total. The van der Waals surface area contributed by atoms with Gasteiger partial charge >= 0.3 is 24.3 Å². The minimum atomic E-state index is -5.68. The molecule has 0 radical (unpaired) electrons. The Hall–Kier alpha value is -2.60.